The van der Waals surface area contributed by atoms with Gasteiger partial charge in [0.05, 0.1) is 0 Å². The van der Waals surface area contributed by atoms with E-state index in [-0.39, 0.29) is 24.1 Å². The molecule has 0 aliphatic heterocycles. The summed E-state index contributed by atoms with van der Waals surface area (Å²) in [6.07, 6.45) is 10.8. The van der Waals surface area contributed by atoms with Crippen LogP contribution in [0.3, 0.4) is 0 Å². The molecule has 1 fully saturated rings. The van der Waals surface area contributed by atoms with Gasteiger partial charge in [0.15, 0.2) is 0 Å². The molecule has 8 nitrogen and oxygen atoms in total. The van der Waals surface area contributed by atoms with Crippen molar-refractivity contribution in [2.45, 2.75) is 116 Å². The smallest absolute Gasteiger partial charge is 0.408 e. The molecule has 232 valence electrons. The molecule has 2 aromatic rings. The number of carbonyl (C=O) groups is 3. The molecule has 0 bridgehead atoms. The highest BCUT2D eigenvalue weighted by atomic mass is 16.6. The highest BCUT2D eigenvalue weighted by Crippen LogP contribution is 2.34. The number of nitrogens with one attached hydrogen (secondary N) is 2. The Morgan fingerprint density at radius 3 is 2.23 bits per heavy atom. The third kappa shape index (κ3) is 9.25. The normalized spacial score (nSPS) is 15.5. The molecule has 2 aromatic carbocycles. The minimum Gasteiger partial charge on any atom is -0.508 e. The van der Waals surface area contributed by atoms with E-state index in [9.17, 15) is 19.5 Å². The predicted octanol–water partition coefficient (Wildman–Crippen LogP) is 6.02. The monoisotopic (exact) mass is 589 g/mol. The van der Waals surface area contributed by atoms with E-state index >= 15 is 0 Å². The number of rotatable bonds is 10. The van der Waals surface area contributed by atoms with Crippen LogP contribution in [0.4, 0.5) is 4.79 Å². The summed E-state index contributed by atoms with van der Waals surface area (Å²) in [5.74, 6) is 2.04. The number of aromatic hydroxyl groups is 1. The lowest BCUT2D eigenvalue weighted by atomic mass is 9.89. The predicted molar refractivity (Wildman–Crippen MR) is 168 cm³/mol. The minimum absolute atomic E-state index is 0.0103. The van der Waals surface area contributed by atoms with Gasteiger partial charge in [-0.05, 0) is 83.2 Å². The van der Waals surface area contributed by atoms with Gasteiger partial charge >= 0.3 is 6.09 Å². The fourth-order valence-corrected chi connectivity index (χ4v) is 5.42. The number of phenolic OH excluding ortho intramolecular Hbond substituents is 1. The first-order valence-corrected chi connectivity index (χ1v) is 15.2. The third-order valence-electron chi connectivity index (χ3n) is 7.99. The van der Waals surface area contributed by atoms with Crippen molar-refractivity contribution in [2.75, 3.05) is 0 Å². The van der Waals surface area contributed by atoms with Gasteiger partial charge in [-0.25, -0.2) is 4.79 Å². The molecule has 0 aromatic heterocycles. The number of terminal acetylenes is 1. The summed E-state index contributed by atoms with van der Waals surface area (Å²) >= 11 is 0. The molecule has 0 saturated heterocycles. The van der Waals surface area contributed by atoms with E-state index in [1.165, 1.54) is 12.1 Å². The fraction of sp³-hybridized carbons (Fsp3) is 0.514. The lowest BCUT2D eigenvalue weighted by molar-refractivity contribution is -0.149. The van der Waals surface area contributed by atoms with Gasteiger partial charge in [0.1, 0.15) is 23.4 Å². The van der Waals surface area contributed by atoms with E-state index in [0.717, 1.165) is 32.1 Å². The molecule has 2 atom stereocenters. The van der Waals surface area contributed by atoms with Crippen LogP contribution >= 0.6 is 0 Å². The second-order valence-electron chi connectivity index (χ2n) is 12.9. The summed E-state index contributed by atoms with van der Waals surface area (Å²) in [6.45, 7) is 11.0. The summed E-state index contributed by atoms with van der Waals surface area (Å²) in [5, 5.41) is 15.8. The number of phenols is 1. The summed E-state index contributed by atoms with van der Waals surface area (Å²) in [4.78, 5) is 43.7. The number of benzene rings is 2. The molecule has 3 amide bonds. The average Bonchev–Trinajstić information content (AvgIpc) is 2.95. The maximum atomic E-state index is 14.8. The second-order valence-corrected chi connectivity index (χ2v) is 12.9. The van der Waals surface area contributed by atoms with E-state index < -0.39 is 35.2 Å². The zero-order valence-corrected chi connectivity index (χ0v) is 26.4. The summed E-state index contributed by atoms with van der Waals surface area (Å²) in [6, 6.07) is 11.5. The van der Waals surface area contributed by atoms with Crippen LogP contribution in [0.2, 0.25) is 0 Å². The van der Waals surface area contributed by atoms with Gasteiger partial charge in [-0.2, -0.15) is 0 Å². The topological polar surface area (TPSA) is 108 Å². The van der Waals surface area contributed by atoms with Crippen LogP contribution in [0.1, 0.15) is 103 Å². The SMILES string of the molecule is C#Cc1ccccc1C(C(=O)NC1CCCCC1)N(C(=O)C(Cc1ccc(O)cc1)NC(=O)OC(C)(C)C)C(C)(C)CC. The average molecular weight is 590 g/mol. The van der Waals surface area contributed by atoms with Crippen molar-refractivity contribution in [3.8, 4) is 18.1 Å². The minimum atomic E-state index is -1.08. The maximum Gasteiger partial charge on any atom is 0.408 e. The number of alkyl carbamates (subject to hydrolysis) is 1. The van der Waals surface area contributed by atoms with Crippen LogP contribution in [-0.2, 0) is 20.7 Å². The molecule has 0 heterocycles. The molecule has 1 aliphatic carbocycles. The highest BCUT2D eigenvalue weighted by molar-refractivity contribution is 5.93. The molecule has 1 aliphatic rings. The number of amides is 3. The Bertz CT molecular complexity index is 1300. The van der Waals surface area contributed by atoms with Crippen LogP contribution in [0, 0.1) is 12.3 Å². The number of nitrogens with zero attached hydrogens (tertiary/aromatic N) is 1. The van der Waals surface area contributed by atoms with Crippen LogP contribution in [0.5, 0.6) is 5.75 Å². The van der Waals surface area contributed by atoms with Gasteiger partial charge in [0, 0.05) is 23.6 Å². The maximum absolute atomic E-state index is 14.8. The fourth-order valence-electron chi connectivity index (χ4n) is 5.42. The highest BCUT2D eigenvalue weighted by Gasteiger charge is 2.44. The Kier molecular flexibility index (Phi) is 11.3. The molecule has 0 radical (unpaired) electrons. The Labute approximate surface area is 256 Å². The molecule has 3 N–H and O–H groups in total. The molecule has 1 saturated carbocycles. The van der Waals surface area contributed by atoms with E-state index in [1.807, 2.05) is 32.9 Å². The van der Waals surface area contributed by atoms with Gasteiger partial charge in [-0.1, -0.05) is 62.4 Å². The first-order valence-electron chi connectivity index (χ1n) is 15.2. The lowest BCUT2D eigenvalue weighted by Gasteiger charge is -2.45. The molecule has 8 heteroatoms. The number of hydrogen-bond acceptors (Lipinski definition) is 5. The number of ether oxygens (including phenoxy) is 1. The molecular formula is C35H47N3O5. The number of hydrogen-bond donors (Lipinski definition) is 3. The molecular weight excluding hydrogens is 542 g/mol. The molecule has 3 rings (SSSR count). The summed E-state index contributed by atoms with van der Waals surface area (Å²) < 4.78 is 5.53. The Hall–Kier alpha value is -3.99. The Morgan fingerprint density at radius 1 is 1.02 bits per heavy atom. The molecule has 43 heavy (non-hydrogen) atoms. The van der Waals surface area contributed by atoms with Crippen LogP contribution in [0.25, 0.3) is 0 Å². The van der Waals surface area contributed by atoms with Crippen LogP contribution in [0.15, 0.2) is 48.5 Å². The van der Waals surface area contributed by atoms with Gasteiger partial charge < -0.3 is 25.4 Å². The quantitative estimate of drug-likeness (QED) is 0.294. The van der Waals surface area contributed by atoms with E-state index in [2.05, 4.69) is 16.6 Å². The zero-order chi connectivity index (χ0) is 31.8. The summed E-state index contributed by atoms with van der Waals surface area (Å²) in [7, 11) is 0. The van der Waals surface area contributed by atoms with Crippen molar-refractivity contribution in [3.05, 3.63) is 65.2 Å². The van der Waals surface area contributed by atoms with E-state index in [4.69, 9.17) is 11.2 Å². The Morgan fingerprint density at radius 2 is 1.65 bits per heavy atom. The van der Waals surface area contributed by atoms with Crippen molar-refractivity contribution in [2.24, 2.45) is 0 Å². The first kappa shape index (κ1) is 33.5. The van der Waals surface area contributed by atoms with Crippen molar-refractivity contribution < 1.29 is 24.2 Å². The Balaban J connectivity index is 2.14. The van der Waals surface area contributed by atoms with Crippen molar-refractivity contribution in [1.29, 1.82) is 0 Å². The summed E-state index contributed by atoms with van der Waals surface area (Å²) in [5.41, 5.74) is 0.192. The lowest BCUT2D eigenvalue weighted by Crippen LogP contribution is -2.60. The largest absolute Gasteiger partial charge is 0.508 e. The van der Waals surface area contributed by atoms with E-state index in [1.54, 1.807) is 49.9 Å². The standard InChI is InChI=1S/C35H47N3O5/c1-8-25-15-13-14-18-28(25)30(31(40)36-26-16-11-10-12-17-26)38(35(6,7)9-2)32(41)29(37-33(42)43-34(3,4)5)23-24-19-21-27(39)22-20-24/h1,13-15,18-22,26,29-30,39H,9-12,16-17,23H2,2-7H3,(H,36,40)(H,37,42). The van der Waals surface area contributed by atoms with Gasteiger partial charge in [0.2, 0.25) is 11.8 Å². The molecule has 0 spiro atoms. The van der Waals surface area contributed by atoms with Crippen LogP contribution in [-0.4, -0.2) is 51.1 Å². The van der Waals surface area contributed by atoms with E-state index in [0.29, 0.717) is 23.1 Å². The van der Waals surface area contributed by atoms with Crippen LogP contribution < -0.4 is 10.6 Å². The van der Waals surface area contributed by atoms with Crippen molar-refractivity contribution >= 4 is 17.9 Å². The van der Waals surface area contributed by atoms with Crippen molar-refractivity contribution in [1.82, 2.24) is 15.5 Å². The second kappa shape index (κ2) is 14.5. The van der Waals surface area contributed by atoms with Gasteiger partial charge in [0.25, 0.3) is 0 Å². The molecule has 2 unspecified atom stereocenters. The third-order valence-corrected chi connectivity index (χ3v) is 7.99. The first-order chi connectivity index (χ1) is 20.3. The number of carbonyl (C=O) groups excluding carboxylic acids is 3. The zero-order valence-electron chi connectivity index (χ0n) is 26.4. The van der Waals surface area contributed by atoms with Gasteiger partial charge in [-0.3, -0.25) is 9.59 Å². The van der Waals surface area contributed by atoms with Gasteiger partial charge in [-0.15, -0.1) is 6.42 Å². The van der Waals surface area contributed by atoms with Crippen molar-refractivity contribution in [3.63, 3.8) is 0 Å².